The van der Waals surface area contributed by atoms with E-state index < -0.39 is 0 Å². The molecule has 0 amide bonds. The zero-order chi connectivity index (χ0) is 37.1. The molecular formula is C50H37N3OS. The minimum absolute atomic E-state index is 0.375. The molecule has 1 aromatic heterocycles. The van der Waals surface area contributed by atoms with E-state index in [0.717, 1.165) is 54.7 Å². The molecular weight excluding hydrogens is 691 g/mol. The lowest BCUT2D eigenvalue weighted by Gasteiger charge is -2.13. The van der Waals surface area contributed by atoms with Gasteiger partial charge in [-0.1, -0.05) is 151 Å². The third kappa shape index (κ3) is 6.94. The van der Waals surface area contributed by atoms with E-state index in [1.165, 1.54) is 32.4 Å². The van der Waals surface area contributed by atoms with E-state index in [1.54, 1.807) is 11.8 Å². The van der Waals surface area contributed by atoms with E-state index in [-0.39, 0.29) is 0 Å². The lowest BCUT2D eigenvalue weighted by atomic mass is 9.98. The van der Waals surface area contributed by atoms with Crippen LogP contribution in [0.15, 0.2) is 206 Å². The Morgan fingerprint density at radius 2 is 1.29 bits per heavy atom. The minimum atomic E-state index is 0.375. The molecule has 9 rings (SSSR count). The van der Waals surface area contributed by atoms with Gasteiger partial charge in [0.2, 0.25) is 0 Å². The van der Waals surface area contributed by atoms with Crippen LogP contribution in [-0.2, 0) is 6.54 Å². The van der Waals surface area contributed by atoms with Crippen LogP contribution < -0.4 is 5.73 Å². The van der Waals surface area contributed by atoms with Gasteiger partial charge in [0.1, 0.15) is 17.0 Å². The molecule has 1 heterocycles. The van der Waals surface area contributed by atoms with Crippen molar-refractivity contribution in [1.29, 1.82) is 0 Å². The van der Waals surface area contributed by atoms with Gasteiger partial charge in [-0.2, -0.15) is 0 Å². The predicted molar refractivity (Wildman–Crippen MR) is 231 cm³/mol. The van der Waals surface area contributed by atoms with Gasteiger partial charge < -0.3 is 10.2 Å². The van der Waals surface area contributed by atoms with Gasteiger partial charge in [-0.25, -0.2) is 4.99 Å². The molecule has 0 saturated carbocycles. The second-order valence-corrected chi connectivity index (χ2v) is 14.7. The average molecular weight is 728 g/mol. The van der Waals surface area contributed by atoms with Crippen molar-refractivity contribution < 1.29 is 4.42 Å². The Labute approximate surface area is 324 Å². The van der Waals surface area contributed by atoms with Crippen molar-refractivity contribution in [2.45, 2.75) is 23.3 Å². The van der Waals surface area contributed by atoms with Crippen molar-refractivity contribution in [1.82, 2.24) is 0 Å². The number of aryl methyl sites for hydroxylation is 1. The highest BCUT2D eigenvalue weighted by Gasteiger charge is 2.20. The quantitative estimate of drug-likeness (QED) is 0.125. The van der Waals surface area contributed by atoms with Crippen molar-refractivity contribution in [2.75, 3.05) is 0 Å². The first-order chi connectivity index (χ1) is 27.1. The molecule has 0 unspecified atom stereocenters. The average Bonchev–Trinajstić information content (AvgIpc) is 3.63. The van der Waals surface area contributed by atoms with Crippen LogP contribution >= 0.6 is 11.8 Å². The monoisotopic (exact) mass is 727 g/mol. The fourth-order valence-electron chi connectivity index (χ4n) is 7.14. The van der Waals surface area contributed by atoms with E-state index in [9.17, 15) is 0 Å². The van der Waals surface area contributed by atoms with Gasteiger partial charge in [-0.05, 0) is 88.0 Å². The smallest absolute Gasteiger partial charge is 0.157 e. The highest BCUT2D eigenvalue weighted by atomic mass is 32.2. The topological polar surface area (TPSA) is 63.9 Å². The second kappa shape index (κ2) is 15.0. The number of para-hydroxylation sites is 1. The number of furan rings is 1. The van der Waals surface area contributed by atoms with Gasteiger partial charge in [0.25, 0.3) is 0 Å². The Hall–Kier alpha value is -6.69. The third-order valence-electron chi connectivity index (χ3n) is 9.97. The standard InChI is InChI=1S/C50H37N3OS/c1-33-14-8-12-22-45(33)55-46-23-13-10-19-40(46)41-28-29-43(47-42-20-9-11-21-44(42)54-48(41)47)49(51)53-50(36-17-6-3-7-18-36)52-32-34-24-25-39-31-38(27-26-37(39)30-34)35-15-4-2-5-16-35/h2-31H,32H2,1H3,(H2,51,52,53). The number of rotatable bonds is 8. The normalized spacial score (nSPS) is 12.2. The molecule has 9 aromatic rings. The van der Waals surface area contributed by atoms with Crippen molar-refractivity contribution in [2.24, 2.45) is 15.7 Å². The molecule has 0 radical (unpaired) electrons. The number of benzene rings is 8. The Kier molecular flexibility index (Phi) is 9.29. The first-order valence-electron chi connectivity index (χ1n) is 18.4. The molecule has 264 valence electrons. The number of nitrogens with two attached hydrogens (primary N) is 1. The van der Waals surface area contributed by atoms with Crippen molar-refractivity contribution >= 4 is 56.1 Å². The number of fused-ring (bicyclic) bond motifs is 4. The largest absolute Gasteiger partial charge is 0.455 e. The van der Waals surface area contributed by atoms with Crippen LogP contribution in [0.5, 0.6) is 0 Å². The summed E-state index contributed by atoms with van der Waals surface area (Å²) < 4.78 is 6.67. The van der Waals surface area contributed by atoms with E-state index in [4.69, 9.17) is 20.1 Å². The molecule has 5 heteroatoms. The molecule has 0 aliphatic rings. The van der Waals surface area contributed by atoms with Crippen LogP contribution in [0.4, 0.5) is 0 Å². The molecule has 2 N–H and O–H groups in total. The summed E-state index contributed by atoms with van der Waals surface area (Å²) in [5.74, 6) is 0.947. The van der Waals surface area contributed by atoms with Crippen LogP contribution in [0.2, 0.25) is 0 Å². The fourth-order valence-corrected chi connectivity index (χ4v) is 8.19. The van der Waals surface area contributed by atoms with Gasteiger partial charge in [-0.15, -0.1) is 0 Å². The number of aliphatic imine (C=N–C) groups is 2. The SMILES string of the molecule is Cc1ccccc1Sc1ccccc1-c1ccc(/C(N)=N/C(=N\Cc2ccc3cc(-c4ccccc4)ccc3c2)c2ccccc2)c2c1oc1ccccc12. The van der Waals surface area contributed by atoms with Crippen molar-refractivity contribution in [3.63, 3.8) is 0 Å². The van der Waals surface area contributed by atoms with E-state index in [2.05, 4.69) is 134 Å². The molecule has 55 heavy (non-hydrogen) atoms. The van der Waals surface area contributed by atoms with Crippen LogP contribution in [0.25, 0.3) is 55.0 Å². The Balaban J connectivity index is 1.11. The van der Waals surface area contributed by atoms with Crippen molar-refractivity contribution in [3.8, 4) is 22.3 Å². The lowest BCUT2D eigenvalue weighted by Crippen LogP contribution is -2.17. The maximum Gasteiger partial charge on any atom is 0.157 e. The van der Waals surface area contributed by atoms with Crippen LogP contribution in [0, 0.1) is 6.92 Å². The zero-order valence-electron chi connectivity index (χ0n) is 30.3. The van der Waals surface area contributed by atoms with E-state index >= 15 is 0 Å². The van der Waals surface area contributed by atoms with Crippen LogP contribution in [-0.4, -0.2) is 11.7 Å². The zero-order valence-corrected chi connectivity index (χ0v) is 31.1. The molecule has 0 atom stereocenters. The number of hydrogen-bond acceptors (Lipinski definition) is 3. The first-order valence-corrected chi connectivity index (χ1v) is 19.2. The van der Waals surface area contributed by atoms with Crippen LogP contribution in [0.3, 0.4) is 0 Å². The summed E-state index contributed by atoms with van der Waals surface area (Å²) in [6.45, 7) is 2.60. The van der Waals surface area contributed by atoms with Crippen LogP contribution in [0.1, 0.15) is 22.3 Å². The Bertz CT molecular complexity index is 2890. The maximum atomic E-state index is 7.02. The first kappa shape index (κ1) is 34.1. The predicted octanol–water partition coefficient (Wildman–Crippen LogP) is 12.9. The lowest BCUT2D eigenvalue weighted by molar-refractivity contribution is 0.670. The molecule has 0 aliphatic carbocycles. The molecule has 4 nitrogen and oxygen atoms in total. The van der Waals surface area contributed by atoms with Gasteiger partial charge in [0, 0.05) is 37.3 Å². The second-order valence-electron chi connectivity index (χ2n) is 13.6. The number of hydrogen-bond donors (Lipinski definition) is 1. The molecule has 0 fully saturated rings. The number of nitrogens with zero attached hydrogens (tertiary/aromatic N) is 2. The molecule has 0 spiro atoms. The van der Waals surface area contributed by atoms with Gasteiger partial charge >= 0.3 is 0 Å². The number of amidine groups is 2. The summed E-state index contributed by atoms with van der Waals surface area (Å²) in [6.07, 6.45) is 0. The fraction of sp³-hybridized carbons (Fsp3) is 0.0400. The molecule has 0 saturated heterocycles. The molecule has 0 bridgehead atoms. The molecule has 8 aromatic carbocycles. The Morgan fingerprint density at radius 1 is 0.600 bits per heavy atom. The minimum Gasteiger partial charge on any atom is -0.455 e. The summed E-state index contributed by atoms with van der Waals surface area (Å²) in [6, 6.07) is 62.9. The maximum absolute atomic E-state index is 7.02. The van der Waals surface area contributed by atoms with Gasteiger partial charge in [-0.3, -0.25) is 4.99 Å². The van der Waals surface area contributed by atoms with Gasteiger partial charge in [0.15, 0.2) is 5.84 Å². The summed E-state index contributed by atoms with van der Waals surface area (Å²) in [5, 5.41) is 4.28. The Morgan fingerprint density at radius 3 is 2.13 bits per heavy atom. The summed E-state index contributed by atoms with van der Waals surface area (Å²) >= 11 is 1.77. The molecule has 0 aliphatic heterocycles. The van der Waals surface area contributed by atoms with Gasteiger partial charge in [0.05, 0.1) is 6.54 Å². The van der Waals surface area contributed by atoms with E-state index in [0.29, 0.717) is 18.2 Å². The third-order valence-corrected chi connectivity index (χ3v) is 11.2. The summed E-state index contributed by atoms with van der Waals surface area (Å²) in [7, 11) is 0. The highest BCUT2D eigenvalue weighted by Crippen LogP contribution is 2.43. The van der Waals surface area contributed by atoms with E-state index in [1.807, 2.05) is 54.6 Å². The highest BCUT2D eigenvalue weighted by molar-refractivity contribution is 7.99. The summed E-state index contributed by atoms with van der Waals surface area (Å²) in [4.78, 5) is 12.5. The summed E-state index contributed by atoms with van der Waals surface area (Å²) in [5.41, 5.74) is 17.1. The van der Waals surface area contributed by atoms with Crippen molar-refractivity contribution in [3.05, 3.63) is 204 Å².